The van der Waals surface area contributed by atoms with Crippen LogP contribution in [0.25, 0.3) is 0 Å². The van der Waals surface area contributed by atoms with Crippen LogP contribution in [-0.4, -0.2) is 49.3 Å². The van der Waals surface area contributed by atoms with E-state index in [1.54, 1.807) is 35.2 Å². The van der Waals surface area contributed by atoms with Crippen LogP contribution in [0, 0.1) is 11.3 Å². The predicted octanol–water partition coefficient (Wildman–Crippen LogP) is 6.78. The SMILES string of the molecule is CCOc1ccccc1OC(CNC(C)Cc1cc(C#N)c2c(c1)CCN2C(=O)c1ccc(Cl)c(Cl)c1)C(=O)OC(C)(C)C. The molecular formula is C34H37Cl2N3O5. The molecule has 0 aliphatic carbocycles. The molecule has 1 N–H and O–H groups in total. The summed E-state index contributed by atoms with van der Waals surface area (Å²) in [5, 5.41) is 14.1. The van der Waals surface area contributed by atoms with E-state index < -0.39 is 17.7 Å². The van der Waals surface area contributed by atoms with Crippen LogP contribution in [0.4, 0.5) is 5.69 Å². The van der Waals surface area contributed by atoms with Gasteiger partial charge in [0.05, 0.1) is 27.9 Å². The van der Waals surface area contributed by atoms with Gasteiger partial charge in [0, 0.05) is 24.7 Å². The van der Waals surface area contributed by atoms with E-state index in [2.05, 4.69) is 11.4 Å². The molecule has 0 aromatic heterocycles. The number of ether oxygens (including phenoxy) is 3. The Hall–Kier alpha value is -3.77. The maximum Gasteiger partial charge on any atom is 0.349 e. The summed E-state index contributed by atoms with van der Waals surface area (Å²) in [5.41, 5.74) is 2.65. The zero-order valence-corrected chi connectivity index (χ0v) is 27.1. The summed E-state index contributed by atoms with van der Waals surface area (Å²) in [4.78, 5) is 28.1. The Morgan fingerprint density at radius 1 is 1.07 bits per heavy atom. The topological polar surface area (TPSA) is 101 Å². The first-order valence-corrected chi connectivity index (χ1v) is 15.3. The van der Waals surface area contributed by atoms with Crippen LogP contribution >= 0.6 is 23.2 Å². The van der Waals surface area contributed by atoms with Gasteiger partial charge in [-0.05, 0) is 95.0 Å². The third kappa shape index (κ3) is 8.23. The lowest BCUT2D eigenvalue weighted by Crippen LogP contribution is -2.44. The molecule has 0 bridgehead atoms. The first-order valence-electron chi connectivity index (χ1n) is 14.6. The molecule has 1 aliphatic rings. The van der Waals surface area contributed by atoms with Crippen molar-refractivity contribution in [3.63, 3.8) is 0 Å². The number of benzene rings is 3. The first-order chi connectivity index (χ1) is 20.9. The first kappa shape index (κ1) is 33.1. The number of nitrogens with zero attached hydrogens (tertiary/aromatic N) is 2. The van der Waals surface area contributed by atoms with Crippen LogP contribution in [0.2, 0.25) is 10.0 Å². The van der Waals surface area contributed by atoms with E-state index in [-0.39, 0.29) is 18.5 Å². The number of hydrogen-bond acceptors (Lipinski definition) is 7. The highest BCUT2D eigenvalue weighted by atomic mass is 35.5. The van der Waals surface area contributed by atoms with Gasteiger partial charge in [0.25, 0.3) is 5.91 Å². The number of para-hydroxylation sites is 2. The Morgan fingerprint density at radius 2 is 1.80 bits per heavy atom. The number of carbonyl (C=O) groups is 2. The summed E-state index contributed by atoms with van der Waals surface area (Å²) in [7, 11) is 0. The summed E-state index contributed by atoms with van der Waals surface area (Å²) in [6.45, 7) is 10.4. The Kier molecular flexibility index (Phi) is 10.8. The molecule has 3 aromatic rings. The van der Waals surface area contributed by atoms with Crippen molar-refractivity contribution in [2.75, 3.05) is 24.6 Å². The van der Waals surface area contributed by atoms with Gasteiger partial charge in [0.15, 0.2) is 11.5 Å². The van der Waals surface area contributed by atoms with Gasteiger partial charge in [-0.1, -0.05) is 41.4 Å². The van der Waals surface area contributed by atoms with E-state index >= 15 is 0 Å². The number of esters is 1. The minimum Gasteiger partial charge on any atom is -0.490 e. The second kappa shape index (κ2) is 14.3. The van der Waals surface area contributed by atoms with Crippen molar-refractivity contribution in [1.82, 2.24) is 5.32 Å². The molecule has 3 aromatic carbocycles. The fourth-order valence-corrected chi connectivity index (χ4v) is 5.35. The van der Waals surface area contributed by atoms with Crippen LogP contribution in [-0.2, 0) is 22.4 Å². The van der Waals surface area contributed by atoms with Crippen LogP contribution in [0.1, 0.15) is 61.7 Å². The van der Waals surface area contributed by atoms with Crippen LogP contribution in [0.5, 0.6) is 11.5 Å². The van der Waals surface area contributed by atoms with E-state index in [1.807, 2.05) is 58.9 Å². The molecule has 44 heavy (non-hydrogen) atoms. The molecule has 10 heteroatoms. The van der Waals surface area contributed by atoms with Crippen LogP contribution in [0.15, 0.2) is 54.6 Å². The average molecular weight is 639 g/mol. The molecule has 0 saturated carbocycles. The molecule has 0 radical (unpaired) electrons. The van der Waals surface area contributed by atoms with Gasteiger partial charge in [0.1, 0.15) is 11.7 Å². The summed E-state index contributed by atoms with van der Waals surface area (Å²) in [6.07, 6.45) is 0.286. The number of nitrogens with one attached hydrogen (secondary N) is 1. The number of amides is 1. The molecule has 8 nitrogen and oxygen atoms in total. The lowest BCUT2D eigenvalue weighted by molar-refractivity contribution is -0.163. The Bertz CT molecular complexity index is 1560. The quantitative estimate of drug-likeness (QED) is 0.231. The lowest BCUT2D eigenvalue weighted by Gasteiger charge is -2.26. The molecule has 1 amide bonds. The minimum absolute atomic E-state index is 0.0781. The van der Waals surface area contributed by atoms with Gasteiger partial charge >= 0.3 is 5.97 Å². The van der Waals surface area contributed by atoms with E-state index in [0.29, 0.717) is 64.4 Å². The number of halogens is 2. The van der Waals surface area contributed by atoms with Crippen molar-refractivity contribution in [1.29, 1.82) is 5.26 Å². The van der Waals surface area contributed by atoms with Crippen LogP contribution in [0.3, 0.4) is 0 Å². The molecule has 0 spiro atoms. The van der Waals surface area contributed by atoms with Crippen molar-refractivity contribution in [2.45, 2.75) is 65.2 Å². The second-order valence-corrected chi connectivity index (χ2v) is 12.4. The highest BCUT2D eigenvalue weighted by Gasteiger charge is 2.31. The maximum atomic E-state index is 13.3. The van der Waals surface area contributed by atoms with E-state index in [0.717, 1.165) is 11.1 Å². The van der Waals surface area contributed by atoms with E-state index in [9.17, 15) is 14.9 Å². The minimum atomic E-state index is -0.922. The van der Waals surface area contributed by atoms with Crippen molar-refractivity contribution in [3.05, 3.63) is 86.9 Å². The van der Waals surface area contributed by atoms with E-state index in [1.165, 1.54) is 0 Å². The lowest BCUT2D eigenvalue weighted by atomic mass is 9.98. The molecule has 4 rings (SSSR count). The molecule has 0 fully saturated rings. The zero-order chi connectivity index (χ0) is 32.0. The number of fused-ring (bicyclic) bond motifs is 1. The summed E-state index contributed by atoms with van der Waals surface area (Å²) in [5.74, 6) is 0.280. The number of anilines is 1. The zero-order valence-electron chi connectivity index (χ0n) is 25.6. The second-order valence-electron chi connectivity index (χ2n) is 11.6. The molecule has 0 saturated heterocycles. The van der Waals surface area contributed by atoms with Crippen LogP contribution < -0.4 is 19.7 Å². The molecule has 2 unspecified atom stereocenters. The molecular weight excluding hydrogens is 601 g/mol. The van der Waals surface area contributed by atoms with Gasteiger partial charge in [-0.25, -0.2) is 4.79 Å². The number of nitriles is 1. The molecule has 232 valence electrons. The summed E-state index contributed by atoms with van der Waals surface area (Å²) in [6, 6.07) is 18.0. The van der Waals surface area contributed by atoms with Gasteiger partial charge in [-0.2, -0.15) is 5.26 Å². The number of rotatable bonds is 11. The van der Waals surface area contributed by atoms with Crippen molar-refractivity contribution in [2.24, 2.45) is 0 Å². The summed E-state index contributed by atoms with van der Waals surface area (Å²) >= 11 is 12.2. The Labute approximate surface area is 268 Å². The van der Waals surface area contributed by atoms with E-state index in [4.69, 9.17) is 37.4 Å². The Morgan fingerprint density at radius 3 is 2.45 bits per heavy atom. The van der Waals surface area contributed by atoms with Crippen molar-refractivity contribution >= 4 is 40.8 Å². The van der Waals surface area contributed by atoms with Gasteiger partial charge < -0.3 is 24.4 Å². The largest absolute Gasteiger partial charge is 0.490 e. The van der Waals surface area contributed by atoms with Gasteiger partial charge in [-0.3, -0.25) is 4.79 Å². The van der Waals surface area contributed by atoms with Crippen molar-refractivity contribution < 1.29 is 23.8 Å². The Balaban J connectivity index is 1.48. The average Bonchev–Trinajstić information content (AvgIpc) is 3.40. The smallest absolute Gasteiger partial charge is 0.349 e. The molecule has 2 atom stereocenters. The van der Waals surface area contributed by atoms with Crippen molar-refractivity contribution in [3.8, 4) is 17.6 Å². The standard InChI is InChI=1S/C34H37Cl2N3O5/c1-6-42-28-9-7-8-10-29(28)43-30(33(41)44-34(3,4)5)20-38-21(2)15-22-16-23-13-14-39(31(23)25(17-22)19-37)32(40)24-11-12-26(35)27(36)18-24/h7-12,16-18,21,30,38H,6,13-15,20H2,1-5H3. The fourth-order valence-electron chi connectivity index (χ4n) is 5.06. The highest BCUT2D eigenvalue weighted by Crippen LogP contribution is 2.35. The normalized spacial score (nSPS) is 13.9. The van der Waals surface area contributed by atoms with Gasteiger partial charge in [0.2, 0.25) is 6.10 Å². The summed E-state index contributed by atoms with van der Waals surface area (Å²) < 4.78 is 17.5. The fraction of sp³-hybridized carbons (Fsp3) is 0.382. The van der Waals surface area contributed by atoms with Gasteiger partial charge in [-0.15, -0.1) is 0 Å². The molecule has 1 heterocycles. The highest BCUT2D eigenvalue weighted by molar-refractivity contribution is 6.42. The predicted molar refractivity (Wildman–Crippen MR) is 172 cm³/mol. The third-order valence-corrected chi connectivity index (χ3v) is 7.68. The third-order valence-electron chi connectivity index (χ3n) is 6.94. The maximum absolute atomic E-state index is 13.3. The number of carbonyl (C=O) groups excluding carboxylic acids is 2. The number of hydrogen-bond donors (Lipinski definition) is 1. The molecule has 1 aliphatic heterocycles. The monoisotopic (exact) mass is 637 g/mol.